The zero-order chi connectivity index (χ0) is 49.5. The number of unbranched alkanes of at least 4 members (excludes halogenated alkanes) is 40. The fourth-order valence-corrected chi connectivity index (χ4v) is 9.64. The van der Waals surface area contributed by atoms with E-state index in [1.165, 1.54) is 231 Å². The number of hydrogen-bond acceptors (Lipinski definition) is 5. The molecule has 0 radical (unpaired) electrons. The van der Waals surface area contributed by atoms with E-state index < -0.39 is 18.2 Å². The first-order valence-electron chi connectivity index (χ1n) is 30.6. The van der Waals surface area contributed by atoms with Gasteiger partial charge in [-0.1, -0.05) is 289 Å². The average Bonchev–Trinajstić information content (AvgIpc) is 3.33. The van der Waals surface area contributed by atoms with Crippen LogP contribution in [0.2, 0.25) is 0 Å². The van der Waals surface area contributed by atoms with Crippen molar-refractivity contribution in [3.8, 4) is 0 Å². The van der Waals surface area contributed by atoms with Crippen molar-refractivity contribution in [2.24, 2.45) is 0 Å². The molecule has 3 N–H and O–H groups in total. The number of rotatable bonds is 56. The number of aliphatic hydroxyl groups excluding tert-OH is 2. The maximum Gasteiger partial charge on any atom is 0.306 e. The van der Waals surface area contributed by atoms with Gasteiger partial charge in [0.1, 0.15) is 6.10 Å². The van der Waals surface area contributed by atoms with E-state index in [0.717, 1.165) is 57.8 Å². The second-order valence-electron chi connectivity index (χ2n) is 21.1. The summed E-state index contributed by atoms with van der Waals surface area (Å²) < 4.78 is 5.98. The Bertz CT molecular complexity index is 1080. The maximum atomic E-state index is 13.3. The number of aliphatic hydroxyl groups is 2. The summed E-state index contributed by atoms with van der Waals surface area (Å²) in [6.07, 6.45) is 66.7. The van der Waals surface area contributed by atoms with Crippen molar-refractivity contribution in [1.82, 2.24) is 5.32 Å². The second kappa shape index (κ2) is 56.3. The summed E-state index contributed by atoms with van der Waals surface area (Å²) in [5.74, 6) is -0.460. The molecular formula is C62H119NO5. The van der Waals surface area contributed by atoms with E-state index >= 15 is 0 Å². The first-order chi connectivity index (χ1) is 33.5. The molecule has 0 bridgehead atoms. The number of allylic oxidation sites excluding steroid dienone is 4. The van der Waals surface area contributed by atoms with E-state index in [1.807, 2.05) is 0 Å². The van der Waals surface area contributed by atoms with Crippen LogP contribution in [0.5, 0.6) is 0 Å². The quantitative estimate of drug-likeness (QED) is 0.0321. The van der Waals surface area contributed by atoms with Crippen molar-refractivity contribution < 1.29 is 24.5 Å². The number of hydrogen-bond donors (Lipinski definition) is 3. The molecule has 0 heterocycles. The Balaban J connectivity index is 4.51. The van der Waals surface area contributed by atoms with Crippen LogP contribution in [-0.4, -0.2) is 46.9 Å². The predicted molar refractivity (Wildman–Crippen MR) is 296 cm³/mol. The molecule has 402 valence electrons. The first-order valence-corrected chi connectivity index (χ1v) is 30.6. The Morgan fingerprint density at radius 1 is 0.426 bits per heavy atom. The van der Waals surface area contributed by atoms with Gasteiger partial charge in [-0.3, -0.25) is 9.59 Å². The highest BCUT2D eigenvalue weighted by atomic mass is 16.5. The molecule has 0 aromatic heterocycles. The van der Waals surface area contributed by atoms with Gasteiger partial charge in [0, 0.05) is 6.42 Å². The third-order valence-electron chi connectivity index (χ3n) is 14.3. The molecule has 1 amide bonds. The molecular weight excluding hydrogens is 839 g/mol. The number of ether oxygens (including phenoxy) is 1. The minimum absolute atomic E-state index is 0.0810. The fourth-order valence-electron chi connectivity index (χ4n) is 9.64. The summed E-state index contributed by atoms with van der Waals surface area (Å²) in [5, 5.41) is 23.9. The monoisotopic (exact) mass is 958 g/mol. The SMILES string of the molecule is CCCCC/C=C\C/C=C\CCCCCCCCCC(=O)OC(CCCCCCCCCCCCCCCCCC)CC(=O)NC(CO)C(O)CCCCCCCCCCCCCCCCCC. The van der Waals surface area contributed by atoms with Gasteiger partial charge in [0.15, 0.2) is 0 Å². The van der Waals surface area contributed by atoms with E-state index in [4.69, 9.17) is 4.74 Å². The van der Waals surface area contributed by atoms with Crippen molar-refractivity contribution >= 4 is 11.9 Å². The fraction of sp³-hybridized carbons (Fsp3) is 0.903. The molecule has 0 aromatic rings. The summed E-state index contributed by atoms with van der Waals surface area (Å²) in [6.45, 7) is 6.51. The Kier molecular flexibility index (Phi) is 54.9. The Morgan fingerprint density at radius 3 is 1.15 bits per heavy atom. The van der Waals surface area contributed by atoms with Crippen molar-refractivity contribution in [3.05, 3.63) is 24.3 Å². The van der Waals surface area contributed by atoms with Crippen LogP contribution in [0.4, 0.5) is 0 Å². The molecule has 3 atom stereocenters. The highest BCUT2D eigenvalue weighted by Gasteiger charge is 2.24. The zero-order valence-electron chi connectivity index (χ0n) is 46.0. The van der Waals surface area contributed by atoms with Gasteiger partial charge in [0.2, 0.25) is 5.91 Å². The number of nitrogens with one attached hydrogen (secondary N) is 1. The van der Waals surface area contributed by atoms with Crippen LogP contribution in [0.3, 0.4) is 0 Å². The van der Waals surface area contributed by atoms with Crippen LogP contribution in [-0.2, 0) is 14.3 Å². The van der Waals surface area contributed by atoms with Gasteiger partial charge < -0.3 is 20.3 Å². The molecule has 0 aliphatic heterocycles. The maximum absolute atomic E-state index is 13.3. The molecule has 68 heavy (non-hydrogen) atoms. The Hall–Kier alpha value is -1.66. The summed E-state index contributed by atoms with van der Waals surface area (Å²) in [4.78, 5) is 26.3. The lowest BCUT2D eigenvalue weighted by atomic mass is 10.0. The molecule has 0 saturated carbocycles. The molecule has 0 aromatic carbocycles. The van der Waals surface area contributed by atoms with Gasteiger partial charge in [0.05, 0.1) is 25.2 Å². The summed E-state index contributed by atoms with van der Waals surface area (Å²) in [7, 11) is 0. The van der Waals surface area contributed by atoms with E-state index in [-0.39, 0.29) is 24.9 Å². The van der Waals surface area contributed by atoms with Gasteiger partial charge >= 0.3 is 5.97 Å². The van der Waals surface area contributed by atoms with Crippen LogP contribution in [0.15, 0.2) is 24.3 Å². The van der Waals surface area contributed by atoms with Gasteiger partial charge in [-0.05, 0) is 57.8 Å². The predicted octanol–water partition coefficient (Wildman–Crippen LogP) is 19.0. The Morgan fingerprint density at radius 2 is 0.750 bits per heavy atom. The topological polar surface area (TPSA) is 95.9 Å². The van der Waals surface area contributed by atoms with E-state index in [1.54, 1.807) is 0 Å². The molecule has 6 nitrogen and oxygen atoms in total. The standard InChI is InChI=1S/C62H119NO5/c1-4-7-10-13-16-19-22-25-28-31-34-37-40-43-46-49-52-55-62(67)68-58(53-50-47-44-41-38-35-32-29-26-23-20-17-14-11-8-5-2)56-61(66)63-59(57-64)60(65)54-51-48-45-42-39-36-33-30-27-24-21-18-15-12-9-6-3/h16,19,25,28,58-60,64-65H,4-15,17-18,20-24,26-27,29-57H2,1-3H3,(H,63,66)/b19-16-,28-25-. The lowest BCUT2D eigenvalue weighted by Gasteiger charge is -2.24. The minimum atomic E-state index is -0.786. The van der Waals surface area contributed by atoms with Crippen LogP contribution >= 0.6 is 0 Å². The number of amides is 1. The molecule has 0 rings (SSSR count). The normalized spacial score (nSPS) is 13.2. The molecule has 0 fully saturated rings. The van der Waals surface area contributed by atoms with Gasteiger partial charge in [0.25, 0.3) is 0 Å². The minimum Gasteiger partial charge on any atom is -0.462 e. The van der Waals surface area contributed by atoms with Crippen molar-refractivity contribution in [3.63, 3.8) is 0 Å². The number of esters is 1. The number of carbonyl (C=O) groups is 2. The van der Waals surface area contributed by atoms with E-state index in [0.29, 0.717) is 19.3 Å². The van der Waals surface area contributed by atoms with E-state index in [2.05, 4.69) is 50.4 Å². The molecule has 6 heteroatoms. The summed E-state index contributed by atoms with van der Waals surface area (Å²) in [5.41, 5.74) is 0. The second-order valence-corrected chi connectivity index (χ2v) is 21.1. The van der Waals surface area contributed by atoms with Crippen molar-refractivity contribution in [2.75, 3.05) is 6.61 Å². The Labute approximate surface area is 424 Å². The van der Waals surface area contributed by atoms with Crippen molar-refractivity contribution in [1.29, 1.82) is 0 Å². The van der Waals surface area contributed by atoms with Crippen molar-refractivity contribution in [2.45, 2.75) is 354 Å². The van der Waals surface area contributed by atoms with Crippen LogP contribution < -0.4 is 5.32 Å². The molecule has 3 unspecified atom stereocenters. The van der Waals surface area contributed by atoms with Gasteiger partial charge in [-0.2, -0.15) is 0 Å². The molecule has 0 saturated heterocycles. The summed E-state index contributed by atoms with van der Waals surface area (Å²) >= 11 is 0. The lowest BCUT2D eigenvalue weighted by Crippen LogP contribution is -2.46. The van der Waals surface area contributed by atoms with Crippen LogP contribution in [0.1, 0.15) is 335 Å². The average molecular weight is 959 g/mol. The van der Waals surface area contributed by atoms with Gasteiger partial charge in [-0.25, -0.2) is 0 Å². The third kappa shape index (κ3) is 50.7. The highest BCUT2D eigenvalue weighted by molar-refractivity contribution is 5.77. The zero-order valence-corrected chi connectivity index (χ0v) is 46.0. The highest BCUT2D eigenvalue weighted by Crippen LogP contribution is 2.19. The van der Waals surface area contributed by atoms with Crippen LogP contribution in [0.25, 0.3) is 0 Å². The number of carbonyl (C=O) groups excluding carboxylic acids is 2. The largest absolute Gasteiger partial charge is 0.462 e. The third-order valence-corrected chi connectivity index (χ3v) is 14.3. The van der Waals surface area contributed by atoms with E-state index in [9.17, 15) is 19.8 Å². The molecule has 0 aliphatic rings. The summed E-state index contributed by atoms with van der Waals surface area (Å²) in [6, 6.07) is -0.700. The van der Waals surface area contributed by atoms with Crippen LogP contribution in [0, 0.1) is 0 Å². The smallest absolute Gasteiger partial charge is 0.306 e. The molecule has 0 spiro atoms. The van der Waals surface area contributed by atoms with Gasteiger partial charge in [-0.15, -0.1) is 0 Å². The lowest BCUT2D eigenvalue weighted by molar-refractivity contribution is -0.151. The molecule has 0 aliphatic carbocycles. The first kappa shape index (κ1) is 66.3.